The van der Waals surface area contributed by atoms with Gasteiger partial charge in [-0.15, -0.1) is 0 Å². The molecular formula is C25H29FN2O. The fraction of sp³-hybridized carbons (Fsp3) is 0.360. The minimum Gasteiger partial charge on any atom is -0.385 e. The average molecular weight is 393 g/mol. The zero-order chi connectivity index (χ0) is 21.1. The highest BCUT2D eigenvalue weighted by molar-refractivity contribution is 5.96. The molecule has 0 bridgehead atoms. The number of halogens is 1. The Morgan fingerprint density at radius 1 is 1.00 bits per heavy atom. The number of hydrogen-bond acceptors (Lipinski definition) is 3. The first-order chi connectivity index (χ1) is 13.6. The van der Waals surface area contributed by atoms with Crippen molar-refractivity contribution in [1.29, 1.82) is 0 Å². The highest BCUT2D eigenvalue weighted by Crippen LogP contribution is 2.30. The predicted octanol–water partition coefficient (Wildman–Crippen LogP) is 6.21. The smallest absolute Gasteiger partial charge is 0.141 e. The van der Waals surface area contributed by atoms with Crippen LogP contribution in [0.4, 0.5) is 4.39 Å². The summed E-state index contributed by atoms with van der Waals surface area (Å²) in [4.78, 5) is 8.94. The first-order valence-electron chi connectivity index (χ1n) is 10.0. The van der Waals surface area contributed by atoms with E-state index in [2.05, 4.69) is 37.9 Å². The zero-order valence-corrected chi connectivity index (χ0v) is 17.6. The van der Waals surface area contributed by atoms with Crippen molar-refractivity contribution in [3.63, 3.8) is 0 Å². The van der Waals surface area contributed by atoms with E-state index in [1.807, 2.05) is 37.3 Å². The number of nitrogens with zero attached hydrogens (tertiary/aromatic N) is 2. The van der Waals surface area contributed by atoms with Gasteiger partial charge in [0.25, 0.3) is 0 Å². The van der Waals surface area contributed by atoms with Gasteiger partial charge in [0, 0.05) is 23.4 Å². The van der Waals surface area contributed by atoms with E-state index in [1.54, 1.807) is 6.07 Å². The number of hydrogen-bond donors (Lipinski definition) is 1. The number of rotatable bonds is 5. The van der Waals surface area contributed by atoms with Gasteiger partial charge in [-0.05, 0) is 49.0 Å². The Labute approximate surface area is 172 Å². The van der Waals surface area contributed by atoms with E-state index >= 15 is 0 Å². The van der Waals surface area contributed by atoms with Gasteiger partial charge >= 0.3 is 0 Å². The Morgan fingerprint density at radius 2 is 1.72 bits per heavy atom. The molecule has 0 fully saturated rings. The van der Waals surface area contributed by atoms with Crippen LogP contribution in [0.5, 0.6) is 0 Å². The number of pyridine rings is 1. The van der Waals surface area contributed by atoms with Crippen molar-refractivity contribution in [3.8, 4) is 11.3 Å². The van der Waals surface area contributed by atoms with E-state index in [0.717, 1.165) is 35.4 Å². The van der Waals surface area contributed by atoms with Crippen molar-refractivity contribution in [3.05, 3.63) is 77.9 Å². The summed E-state index contributed by atoms with van der Waals surface area (Å²) < 4.78 is 13.1. The van der Waals surface area contributed by atoms with Crippen LogP contribution in [0.25, 0.3) is 11.3 Å². The number of allylic oxidation sites excluding steroid dienone is 4. The maximum atomic E-state index is 13.1. The molecule has 1 aromatic carbocycles. The van der Waals surface area contributed by atoms with Crippen molar-refractivity contribution in [1.82, 2.24) is 4.98 Å². The first-order valence-corrected chi connectivity index (χ1v) is 10.0. The SMILES string of the molecule is CC(C)(C)CC1=CCC=CC(CC(C)(O)c2ccc(-c3ccc(F)cn3)cc2)=N1. The zero-order valence-electron chi connectivity index (χ0n) is 17.6. The van der Waals surface area contributed by atoms with Crippen molar-refractivity contribution in [2.75, 3.05) is 0 Å². The molecule has 4 heteroatoms. The third-order valence-corrected chi connectivity index (χ3v) is 4.85. The number of aliphatic hydroxyl groups is 1. The molecule has 0 spiro atoms. The summed E-state index contributed by atoms with van der Waals surface area (Å²) >= 11 is 0. The molecule has 0 aliphatic carbocycles. The van der Waals surface area contributed by atoms with Gasteiger partial charge in [0.15, 0.2) is 0 Å². The fourth-order valence-electron chi connectivity index (χ4n) is 3.43. The van der Waals surface area contributed by atoms with E-state index in [0.29, 0.717) is 12.1 Å². The summed E-state index contributed by atoms with van der Waals surface area (Å²) in [6.07, 6.45) is 9.66. The van der Waals surface area contributed by atoms with Gasteiger partial charge in [-0.2, -0.15) is 0 Å². The summed E-state index contributed by atoms with van der Waals surface area (Å²) in [5, 5.41) is 11.1. The van der Waals surface area contributed by atoms with Crippen LogP contribution in [0.2, 0.25) is 0 Å². The molecule has 3 rings (SSSR count). The van der Waals surface area contributed by atoms with Crippen LogP contribution >= 0.6 is 0 Å². The average Bonchev–Trinajstić information content (AvgIpc) is 2.85. The first kappa shape index (κ1) is 21.1. The lowest BCUT2D eigenvalue weighted by Crippen LogP contribution is -2.24. The molecule has 1 aliphatic rings. The molecule has 0 saturated heterocycles. The lowest BCUT2D eigenvalue weighted by atomic mass is 9.89. The molecule has 0 amide bonds. The summed E-state index contributed by atoms with van der Waals surface area (Å²) in [6, 6.07) is 10.6. The normalized spacial score (nSPS) is 16.6. The third-order valence-electron chi connectivity index (χ3n) is 4.85. The summed E-state index contributed by atoms with van der Waals surface area (Å²) in [7, 11) is 0. The molecule has 1 aliphatic heterocycles. The minimum absolute atomic E-state index is 0.164. The Morgan fingerprint density at radius 3 is 2.34 bits per heavy atom. The van der Waals surface area contributed by atoms with E-state index in [4.69, 9.17) is 4.99 Å². The van der Waals surface area contributed by atoms with Crippen molar-refractivity contribution in [2.45, 2.75) is 52.6 Å². The van der Waals surface area contributed by atoms with Gasteiger partial charge in [0.2, 0.25) is 0 Å². The molecule has 2 heterocycles. The quantitative estimate of drug-likeness (QED) is 0.658. The monoisotopic (exact) mass is 392 g/mol. The molecule has 0 saturated carbocycles. The highest BCUT2D eigenvalue weighted by atomic mass is 19.1. The molecule has 1 unspecified atom stereocenters. The van der Waals surface area contributed by atoms with Gasteiger partial charge < -0.3 is 5.11 Å². The van der Waals surface area contributed by atoms with E-state index in [9.17, 15) is 9.50 Å². The maximum absolute atomic E-state index is 13.1. The molecule has 1 atom stereocenters. The largest absolute Gasteiger partial charge is 0.385 e. The summed E-state index contributed by atoms with van der Waals surface area (Å²) in [5.74, 6) is -0.356. The van der Waals surface area contributed by atoms with Crippen LogP contribution in [0, 0.1) is 11.2 Å². The van der Waals surface area contributed by atoms with Crippen LogP contribution in [0.1, 0.15) is 52.5 Å². The van der Waals surface area contributed by atoms with Gasteiger partial charge in [-0.25, -0.2) is 4.39 Å². The standard InChI is InChI=1S/C25H29FN2O/c1-24(2,3)15-21-7-5-6-8-22(28-21)16-25(4,29)19-11-9-18(10-12-19)23-14-13-20(26)17-27-23/h6-14,17,29H,5,15-16H2,1-4H3. The van der Waals surface area contributed by atoms with Gasteiger partial charge in [-0.3, -0.25) is 9.98 Å². The summed E-state index contributed by atoms with van der Waals surface area (Å²) in [5.41, 5.74) is 3.47. The molecule has 29 heavy (non-hydrogen) atoms. The van der Waals surface area contributed by atoms with Crippen molar-refractivity contribution in [2.24, 2.45) is 10.4 Å². The van der Waals surface area contributed by atoms with Gasteiger partial charge in [-0.1, -0.05) is 57.2 Å². The lowest BCUT2D eigenvalue weighted by Gasteiger charge is -2.25. The third kappa shape index (κ3) is 5.94. The molecular weight excluding hydrogens is 363 g/mol. The molecule has 152 valence electrons. The second-order valence-corrected chi connectivity index (χ2v) is 9.06. The molecule has 2 aromatic rings. The van der Waals surface area contributed by atoms with E-state index < -0.39 is 5.60 Å². The van der Waals surface area contributed by atoms with Gasteiger partial charge in [0.1, 0.15) is 5.82 Å². The molecule has 3 nitrogen and oxygen atoms in total. The fourth-order valence-corrected chi connectivity index (χ4v) is 3.43. The van der Waals surface area contributed by atoms with Crippen LogP contribution < -0.4 is 0 Å². The Kier molecular flexibility index (Phi) is 6.13. The second kappa shape index (κ2) is 8.42. The van der Waals surface area contributed by atoms with Crippen LogP contribution in [-0.4, -0.2) is 15.8 Å². The van der Waals surface area contributed by atoms with E-state index in [1.165, 1.54) is 12.3 Å². The van der Waals surface area contributed by atoms with Gasteiger partial charge in [0.05, 0.1) is 17.5 Å². The minimum atomic E-state index is -1.05. The molecule has 0 radical (unpaired) electrons. The highest BCUT2D eigenvalue weighted by Gasteiger charge is 2.25. The van der Waals surface area contributed by atoms with Crippen LogP contribution in [0.15, 0.2) is 71.5 Å². The number of aliphatic imine (C=N–C) groups is 1. The van der Waals surface area contributed by atoms with Crippen LogP contribution in [0.3, 0.4) is 0 Å². The second-order valence-electron chi connectivity index (χ2n) is 9.06. The van der Waals surface area contributed by atoms with E-state index in [-0.39, 0.29) is 11.2 Å². The van der Waals surface area contributed by atoms with Crippen molar-refractivity contribution >= 4 is 5.71 Å². The Hall–Kier alpha value is -2.59. The maximum Gasteiger partial charge on any atom is 0.141 e. The number of benzene rings is 1. The Balaban J connectivity index is 1.78. The topological polar surface area (TPSA) is 45.5 Å². The van der Waals surface area contributed by atoms with Crippen LogP contribution in [-0.2, 0) is 5.60 Å². The molecule has 1 N–H and O–H groups in total. The number of aromatic nitrogens is 1. The van der Waals surface area contributed by atoms with Crippen molar-refractivity contribution < 1.29 is 9.50 Å². The predicted molar refractivity (Wildman–Crippen MR) is 117 cm³/mol. The Bertz CT molecular complexity index is 930. The molecule has 1 aromatic heterocycles. The summed E-state index contributed by atoms with van der Waals surface area (Å²) in [6.45, 7) is 8.42. The lowest BCUT2D eigenvalue weighted by molar-refractivity contribution is 0.0655.